The highest BCUT2D eigenvalue weighted by Crippen LogP contribution is 2.23. The highest BCUT2D eigenvalue weighted by atomic mass is 16.7. The summed E-state index contributed by atoms with van der Waals surface area (Å²) in [7, 11) is 0. The molecule has 0 aliphatic carbocycles. The van der Waals surface area contributed by atoms with Gasteiger partial charge in [0.05, 0.1) is 12.7 Å². The largest absolute Gasteiger partial charge is 0.350 e. The van der Waals surface area contributed by atoms with Crippen LogP contribution in [0.2, 0.25) is 0 Å². The van der Waals surface area contributed by atoms with Gasteiger partial charge >= 0.3 is 0 Å². The molecule has 90 valence electrons. The Labute approximate surface area is 97.5 Å². The summed E-state index contributed by atoms with van der Waals surface area (Å²) < 4.78 is 11.0. The van der Waals surface area contributed by atoms with Crippen molar-refractivity contribution in [1.29, 1.82) is 0 Å². The van der Waals surface area contributed by atoms with Crippen molar-refractivity contribution in [1.82, 2.24) is 0 Å². The van der Waals surface area contributed by atoms with E-state index < -0.39 is 5.79 Å². The fourth-order valence-electron chi connectivity index (χ4n) is 1.62. The van der Waals surface area contributed by atoms with Gasteiger partial charge in [-0.3, -0.25) is 4.79 Å². The van der Waals surface area contributed by atoms with Gasteiger partial charge in [0.1, 0.15) is 0 Å². The third-order valence-electron chi connectivity index (χ3n) is 2.36. The Bertz CT molecular complexity index is 296. The number of hydrogen-bond acceptors (Lipinski definition) is 3. The molecule has 0 aromatic rings. The lowest BCUT2D eigenvalue weighted by Gasteiger charge is -2.35. The lowest BCUT2D eigenvalue weighted by atomic mass is 10.1. The van der Waals surface area contributed by atoms with E-state index in [1.165, 1.54) is 0 Å². The number of rotatable bonds is 3. The average Bonchev–Trinajstić information content (AvgIpc) is 2.16. The molecule has 1 heterocycles. The molecule has 0 amide bonds. The van der Waals surface area contributed by atoms with Crippen LogP contribution in [0.15, 0.2) is 0 Å². The maximum absolute atomic E-state index is 11.5. The van der Waals surface area contributed by atoms with E-state index in [2.05, 4.69) is 11.8 Å². The summed E-state index contributed by atoms with van der Waals surface area (Å²) in [5, 5.41) is 0. The minimum atomic E-state index is -0.569. The fourth-order valence-corrected chi connectivity index (χ4v) is 1.62. The Morgan fingerprint density at radius 1 is 1.50 bits per heavy atom. The molecule has 1 atom stereocenters. The van der Waals surface area contributed by atoms with E-state index >= 15 is 0 Å². The third-order valence-corrected chi connectivity index (χ3v) is 2.36. The molecule has 0 unspecified atom stereocenters. The second-order valence-electron chi connectivity index (χ2n) is 4.46. The minimum absolute atomic E-state index is 0.0313. The molecule has 16 heavy (non-hydrogen) atoms. The van der Waals surface area contributed by atoms with Crippen LogP contribution in [-0.2, 0) is 14.3 Å². The summed E-state index contributed by atoms with van der Waals surface area (Å²) in [6.45, 7) is 6.43. The summed E-state index contributed by atoms with van der Waals surface area (Å²) in [5.41, 5.74) is 0. The molecule has 1 rings (SSSR count). The maximum Gasteiger partial charge on any atom is 0.208 e. The molecule has 3 heteroatoms. The smallest absolute Gasteiger partial charge is 0.208 e. The van der Waals surface area contributed by atoms with E-state index in [4.69, 9.17) is 9.47 Å². The van der Waals surface area contributed by atoms with Crippen molar-refractivity contribution in [3.63, 3.8) is 0 Å². The molecule has 0 spiro atoms. The van der Waals surface area contributed by atoms with Crippen LogP contribution in [0, 0.1) is 11.8 Å². The average molecular weight is 224 g/mol. The Balaban J connectivity index is 2.37. The zero-order chi connectivity index (χ0) is 12.0. The first-order valence-electron chi connectivity index (χ1n) is 5.87. The summed E-state index contributed by atoms with van der Waals surface area (Å²) in [6.07, 6.45) is 2.87. The summed E-state index contributed by atoms with van der Waals surface area (Å²) in [4.78, 5) is 11.5. The number of carbonyl (C=O) groups is 1. The number of hydrogen-bond donors (Lipinski definition) is 0. The van der Waals surface area contributed by atoms with Crippen molar-refractivity contribution in [2.75, 3.05) is 6.61 Å². The van der Waals surface area contributed by atoms with Gasteiger partial charge < -0.3 is 9.47 Å². The number of carbonyl (C=O) groups excluding carboxylic acids is 1. The van der Waals surface area contributed by atoms with E-state index in [1.54, 1.807) is 0 Å². The van der Waals surface area contributed by atoms with Crippen LogP contribution in [0.5, 0.6) is 0 Å². The molecular weight excluding hydrogens is 204 g/mol. The van der Waals surface area contributed by atoms with Crippen LogP contribution in [0.3, 0.4) is 0 Å². The molecule has 0 bridgehead atoms. The molecule has 3 nitrogen and oxygen atoms in total. The highest BCUT2D eigenvalue weighted by Gasteiger charge is 2.30. The monoisotopic (exact) mass is 224 g/mol. The van der Waals surface area contributed by atoms with Gasteiger partial charge in [0.2, 0.25) is 5.78 Å². The first-order valence-corrected chi connectivity index (χ1v) is 5.87. The molecule has 0 N–H and O–H groups in total. The first kappa shape index (κ1) is 13.2. The first-order chi connectivity index (χ1) is 7.53. The van der Waals surface area contributed by atoms with Crippen LogP contribution in [0.25, 0.3) is 0 Å². The zero-order valence-corrected chi connectivity index (χ0v) is 10.3. The second-order valence-corrected chi connectivity index (χ2v) is 4.46. The summed E-state index contributed by atoms with van der Waals surface area (Å²) >= 11 is 0. The van der Waals surface area contributed by atoms with E-state index in [0.717, 1.165) is 19.3 Å². The lowest BCUT2D eigenvalue weighted by Crippen LogP contribution is -2.40. The number of Topliss-reactive ketones (excluding diaryl/α,β-unsaturated/α-hetero) is 1. The molecular formula is C13H20O3. The summed E-state index contributed by atoms with van der Waals surface area (Å²) in [6, 6.07) is 0. The van der Waals surface area contributed by atoms with Crippen LogP contribution in [-0.4, -0.2) is 24.3 Å². The normalized spacial score (nSPS) is 23.3. The second kappa shape index (κ2) is 6.03. The minimum Gasteiger partial charge on any atom is -0.350 e. The standard InChI is InChI=1S/C13H20O3/c1-4-5-6-7-11(14)10-12-8-9-15-13(2,3)16-12/h12H,4-5,8-10H2,1-3H3/t12-/m0/s1. The number of unbranched alkanes of at least 4 members (excludes halogenated alkanes) is 1. The lowest BCUT2D eigenvalue weighted by molar-refractivity contribution is -0.272. The van der Waals surface area contributed by atoms with Gasteiger partial charge in [0.15, 0.2) is 5.79 Å². The highest BCUT2D eigenvalue weighted by molar-refractivity contribution is 5.95. The fraction of sp³-hybridized carbons (Fsp3) is 0.769. The van der Waals surface area contributed by atoms with Crippen molar-refractivity contribution in [3.05, 3.63) is 0 Å². The molecule has 1 aliphatic heterocycles. The van der Waals surface area contributed by atoms with Crippen molar-refractivity contribution >= 4 is 5.78 Å². The zero-order valence-electron chi connectivity index (χ0n) is 10.3. The Kier molecular flexibility index (Phi) is 4.98. The van der Waals surface area contributed by atoms with Crippen LogP contribution in [0.4, 0.5) is 0 Å². The topological polar surface area (TPSA) is 35.5 Å². The summed E-state index contributed by atoms with van der Waals surface area (Å²) in [5.74, 6) is 4.91. The van der Waals surface area contributed by atoms with Crippen molar-refractivity contribution < 1.29 is 14.3 Å². The predicted molar refractivity (Wildman–Crippen MR) is 61.8 cm³/mol. The van der Waals surface area contributed by atoms with Crippen molar-refractivity contribution in [2.45, 2.75) is 58.3 Å². The van der Waals surface area contributed by atoms with Crippen molar-refractivity contribution in [2.24, 2.45) is 0 Å². The van der Waals surface area contributed by atoms with Gasteiger partial charge in [0, 0.05) is 12.8 Å². The van der Waals surface area contributed by atoms with Gasteiger partial charge in [-0.2, -0.15) is 0 Å². The molecule has 0 aromatic heterocycles. The molecule has 1 aliphatic rings. The van der Waals surface area contributed by atoms with Gasteiger partial charge in [0.25, 0.3) is 0 Å². The van der Waals surface area contributed by atoms with E-state index in [9.17, 15) is 4.79 Å². The molecule has 0 aromatic carbocycles. The molecule has 1 saturated heterocycles. The van der Waals surface area contributed by atoms with Crippen LogP contribution < -0.4 is 0 Å². The molecule has 0 radical (unpaired) electrons. The number of ether oxygens (including phenoxy) is 2. The Morgan fingerprint density at radius 2 is 2.25 bits per heavy atom. The Hall–Kier alpha value is -0.850. The SMILES string of the molecule is CCCC#CC(=O)C[C@@H]1CCOC(C)(C)O1. The van der Waals surface area contributed by atoms with Crippen LogP contribution in [0.1, 0.15) is 46.5 Å². The third kappa shape index (κ3) is 4.78. The van der Waals surface area contributed by atoms with Gasteiger partial charge in [-0.1, -0.05) is 12.8 Å². The number of ketones is 1. The van der Waals surface area contributed by atoms with Crippen LogP contribution >= 0.6 is 0 Å². The van der Waals surface area contributed by atoms with Gasteiger partial charge in [-0.05, 0) is 32.6 Å². The van der Waals surface area contributed by atoms with Gasteiger partial charge in [-0.15, -0.1) is 0 Å². The Morgan fingerprint density at radius 3 is 2.88 bits per heavy atom. The van der Waals surface area contributed by atoms with Crippen molar-refractivity contribution in [3.8, 4) is 11.8 Å². The van der Waals surface area contributed by atoms with E-state index in [0.29, 0.717) is 13.0 Å². The van der Waals surface area contributed by atoms with E-state index in [-0.39, 0.29) is 11.9 Å². The predicted octanol–water partition coefficient (Wildman–Crippen LogP) is 2.29. The van der Waals surface area contributed by atoms with E-state index in [1.807, 2.05) is 20.8 Å². The molecule has 1 fully saturated rings. The maximum atomic E-state index is 11.5. The molecule has 0 saturated carbocycles. The van der Waals surface area contributed by atoms with Gasteiger partial charge in [-0.25, -0.2) is 0 Å². The quantitative estimate of drug-likeness (QED) is 0.545.